The molecule has 3 rings (SSSR count). The van der Waals surface area contributed by atoms with E-state index in [9.17, 15) is 9.59 Å². The van der Waals surface area contributed by atoms with Gasteiger partial charge in [-0.1, -0.05) is 59.8 Å². The first kappa shape index (κ1) is 22.5. The maximum Gasteiger partial charge on any atom is 0.265 e. The largest absolute Gasteiger partial charge is 0.382 e. The molecule has 2 aromatic carbocycles. The lowest BCUT2D eigenvalue weighted by Gasteiger charge is -2.20. The maximum absolute atomic E-state index is 12.9. The zero-order valence-corrected chi connectivity index (χ0v) is 18.4. The first-order valence-corrected chi connectivity index (χ1v) is 10.6. The Bertz CT molecular complexity index is 927. The van der Waals surface area contributed by atoms with Crippen LogP contribution in [0.5, 0.6) is 0 Å². The zero-order valence-electron chi connectivity index (χ0n) is 18.4. The van der Waals surface area contributed by atoms with Crippen molar-refractivity contribution in [2.75, 3.05) is 27.2 Å². The monoisotopic (exact) mass is 423 g/mol. The highest BCUT2D eigenvalue weighted by Gasteiger charge is 2.32. The molecule has 0 aliphatic carbocycles. The molecule has 0 radical (unpaired) electrons. The number of oxime groups is 1. The van der Waals surface area contributed by atoms with Gasteiger partial charge in [-0.25, -0.2) is 0 Å². The number of aryl methyl sites for hydroxylation is 1. The van der Waals surface area contributed by atoms with Gasteiger partial charge in [-0.3, -0.25) is 9.59 Å². The summed E-state index contributed by atoms with van der Waals surface area (Å²) in [4.78, 5) is 32.4. The number of benzene rings is 2. The summed E-state index contributed by atoms with van der Waals surface area (Å²) in [5.74, 6) is -0.529. The van der Waals surface area contributed by atoms with Gasteiger partial charge in [0.2, 0.25) is 12.0 Å². The number of hydrogen-bond acceptors (Lipinski definition) is 4. The quantitative estimate of drug-likeness (QED) is 0.549. The summed E-state index contributed by atoms with van der Waals surface area (Å²) in [6, 6.07) is 16.8. The predicted octanol–water partition coefficient (Wildman–Crippen LogP) is 0.476. The standard InChI is InChI=1S/C24H30N4O3/c1-17-9-7-8-12-19(17)20-16-22(31-27-20)24(30)26-21(15-18-10-5-4-6-11-18)23(29)25-13-14-28(2)3/h4-12,21-22H,13-16H2,1-3H3,(H,25,29)(H,26,30)/p+1/t21-,22+/m1/s1. The van der Waals surface area contributed by atoms with Crippen LogP contribution in [0.15, 0.2) is 59.8 Å². The summed E-state index contributed by atoms with van der Waals surface area (Å²) >= 11 is 0. The molecule has 2 atom stereocenters. The minimum absolute atomic E-state index is 0.198. The molecule has 0 bridgehead atoms. The number of rotatable bonds is 9. The zero-order chi connectivity index (χ0) is 22.2. The van der Waals surface area contributed by atoms with Gasteiger partial charge >= 0.3 is 0 Å². The van der Waals surface area contributed by atoms with Crippen LogP contribution in [0, 0.1) is 6.92 Å². The Morgan fingerprint density at radius 1 is 1.13 bits per heavy atom. The van der Waals surface area contributed by atoms with Crippen molar-refractivity contribution in [3.05, 3.63) is 71.3 Å². The van der Waals surface area contributed by atoms with Crippen molar-refractivity contribution in [3.8, 4) is 0 Å². The van der Waals surface area contributed by atoms with Crippen LogP contribution in [0.1, 0.15) is 23.1 Å². The van der Waals surface area contributed by atoms with Crippen LogP contribution in [0.25, 0.3) is 0 Å². The van der Waals surface area contributed by atoms with E-state index in [1.54, 1.807) is 0 Å². The summed E-state index contributed by atoms with van der Waals surface area (Å²) in [7, 11) is 4.05. The first-order chi connectivity index (χ1) is 14.9. The fourth-order valence-corrected chi connectivity index (χ4v) is 3.46. The van der Waals surface area contributed by atoms with Crippen LogP contribution in [0.3, 0.4) is 0 Å². The topological polar surface area (TPSA) is 84.2 Å². The Balaban J connectivity index is 1.63. The Labute approximate surface area is 183 Å². The van der Waals surface area contributed by atoms with Gasteiger partial charge in [0.05, 0.1) is 32.9 Å². The van der Waals surface area contributed by atoms with E-state index in [1.807, 2.05) is 75.6 Å². The highest BCUT2D eigenvalue weighted by molar-refractivity contribution is 6.05. The lowest BCUT2D eigenvalue weighted by Crippen LogP contribution is -3.06. The number of nitrogens with one attached hydrogen (secondary N) is 3. The average molecular weight is 424 g/mol. The van der Waals surface area contributed by atoms with E-state index >= 15 is 0 Å². The second-order valence-electron chi connectivity index (χ2n) is 8.15. The van der Waals surface area contributed by atoms with Gasteiger partial charge in [-0.05, 0) is 18.1 Å². The van der Waals surface area contributed by atoms with Gasteiger partial charge in [-0.2, -0.15) is 0 Å². The van der Waals surface area contributed by atoms with E-state index in [-0.39, 0.29) is 11.8 Å². The molecule has 7 heteroatoms. The van der Waals surface area contributed by atoms with Crippen LogP contribution in [0.4, 0.5) is 0 Å². The maximum atomic E-state index is 12.9. The van der Waals surface area contributed by atoms with Gasteiger partial charge in [0.25, 0.3) is 5.91 Å². The Morgan fingerprint density at radius 2 is 1.84 bits per heavy atom. The molecule has 2 aromatic rings. The van der Waals surface area contributed by atoms with Crippen molar-refractivity contribution in [3.63, 3.8) is 0 Å². The highest BCUT2D eigenvalue weighted by Crippen LogP contribution is 2.19. The van der Waals surface area contributed by atoms with Gasteiger partial charge in [0.1, 0.15) is 6.04 Å². The fraction of sp³-hybridized carbons (Fsp3) is 0.375. The molecule has 0 spiro atoms. The average Bonchev–Trinajstić information content (AvgIpc) is 3.24. The molecule has 1 aliphatic rings. The van der Waals surface area contributed by atoms with Crippen molar-refractivity contribution in [2.45, 2.75) is 31.9 Å². The second-order valence-corrected chi connectivity index (χ2v) is 8.15. The van der Waals surface area contributed by atoms with Gasteiger partial charge in [0.15, 0.2) is 0 Å². The number of carbonyl (C=O) groups is 2. The van der Waals surface area contributed by atoms with Gasteiger partial charge in [-0.15, -0.1) is 0 Å². The minimum Gasteiger partial charge on any atom is -0.382 e. The molecule has 1 aliphatic heterocycles. The Morgan fingerprint density at radius 3 is 2.55 bits per heavy atom. The van der Waals surface area contributed by atoms with E-state index in [0.717, 1.165) is 28.9 Å². The first-order valence-electron chi connectivity index (χ1n) is 10.6. The Hall–Kier alpha value is -3.19. The van der Waals surface area contributed by atoms with E-state index in [2.05, 4.69) is 15.8 Å². The van der Waals surface area contributed by atoms with Crippen LogP contribution in [-0.2, 0) is 20.8 Å². The van der Waals surface area contributed by atoms with E-state index in [1.165, 1.54) is 4.90 Å². The number of hydrogen-bond donors (Lipinski definition) is 3. The summed E-state index contributed by atoms with van der Waals surface area (Å²) in [5, 5.41) is 9.93. The third kappa shape index (κ3) is 6.39. The molecule has 164 valence electrons. The molecule has 7 nitrogen and oxygen atoms in total. The highest BCUT2D eigenvalue weighted by atomic mass is 16.6. The molecule has 2 amide bonds. The molecule has 0 fully saturated rings. The molecule has 0 saturated carbocycles. The fourth-order valence-electron chi connectivity index (χ4n) is 3.46. The molecule has 31 heavy (non-hydrogen) atoms. The number of nitrogens with zero attached hydrogens (tertiary/aromatic N) is 1. The van der Waals surface area contributed by atoms with E-state index in [4.69, 9.17) is 4.84 Å². The van der Waals surface area contributed by atoms with Crippen LogP contribution < -0.4 is 15.5 Å². The molecular weight excluding hydrogens is 392 g/mol. The normalized spacial score (nSPS) is 16.4. The van der Waals surface area contributed by atoms with Gasteiger partial charge < -0.3 is 20.4 Å². The lowest BCUT2D eigenvalue weighted by atomic mass is 9.99. The second kappa shape index (κ2) is 10.7. The van der Waals surface area contributed by atoms with Crippen molar-refractivity contribution >= 4 is 17.5 Å². The number of quaternary nitrogens is 1. The van der Waals surface area contributed by atoms with E-state index < -0.39 is 12.1 Å². The van der Waals surface area contributed by atoms with Crippen LogP contribution in [0.2, 0.25) is 0 Å². The smallest absolute Gasteiger partial charge is 0.265 e. The minimum atomic E-state index is -0.744. The van der Waals surface area contributed by atoms with Crippen molar-refractivity contribution in [1.29, 1.82) is 0 Å². The third-order valence-corrected chi connectivity index (χ3v) is 5.26. The lowest BCUT2D eigenvalue weighted by molar-refractivity contribution is -0.856. The summed E-state index contributed by atoms with van der Waals surface area (Å²) in [5.41, 5.74) is 3.78. The van der Waals surface area contributed by atoms with Crippen molar-refractivity contribution < 1.29 is 19.3 Å². The predicted molar refractivity (Wildman–Crippen MR) is 120 cm³/mol. The van der Waals surface area contributed by atoms with E-state index in [0.29, 0.717) is 19.4 Å². The third-order valence-electron chi connectivity index (χ3n) is 5.26. The molecule has 0 aromatic heterocycles. The van der Waals surface area contributed by atoms with Crippen molar-refractivity contribution in [2.24, 2.45) is 5.16 Å². The number of carbonyl (C=O) groups excluding carboxylic acids is 2. The van der Waals surface area contributed by atoms with Gasteiger partial charge in [0, 0.05) is 18.4 Å². The molecule has 3 N–H and O–H groups in total. The molecule has 0 unspecified atom stereocenters. The van der Waals surface area contributed by atoms with Crippen molar-refractivity contribution in [1.82, 2.24) is 10.6 Å². The van der Waals surface area contributed by atoms with Crippen LogP contribution in [-0.4, -0.2) is 56.9 Å². The Kier molecular flexibility index (Phi) is 7.78. The SMILES string of the molecule is Cc1ccccc1C1=NO[C@H](C(=O)N[C@H](Cc2ccccc2)C(=O)NCC[NH+](C)C)C1. The number of amides is 2. The number of likely N-dealkylation sites (N-methyl/N-ethyl adjacent to an activating group) is 1. The summed E-state index contributed by atoms with van der Waals surface area (Å²) in [6.07, 6.45) is 0.0399. The van der Waals surface area contributed by atoms with Crippen LogP contribution >= 0.6 is 0 Å². The molecule has 1 heterocycles. The molecular formula is C24H31N4O3+. The summed E-state index contributed by atoms with van der Waals surface area (Å²) in [6.45, 7) is 3.35. The summed E-state index contributed by atoms with van der Waals surface area (Å²) < 4.78 is 0. The molecule has 0 saturated heterocycles.